The van der Waals surface area contributed by atoms with Gasteiger partial charge < -0.3 is 5.32 Å². The average molecular weight is 358 g/mol. The molecule has 6 heteroatoms. The first-order chi connectivity index (χ1) is 11.9. The molecule has 2 heterocycles. The van der Waals surface area contributed by atoms with Gasteiger partial charge in [0.15, 0.2) is 5.65 Å². The summed E-state index contributed by atoms with van der Waals surface area (Å²) in [7, 11) is 0. The number of rotatable bonds is 5. The van der Waals surface area contributed by atoms with Crippen LogP contribution in [-0.2, 0) is 0 Å². The monoisotopic (exact) mass is 357 g/mol. The van der Waals surface area contributed by atoms with Crippen molar-refractivity contribution >= 4 is 28.9 Å². The van der Waals surface area contributed by atoms with Gasteiger partial charge in [0.1, 0.15) is 5.82 Å². The lowest BCUT2D eigenvalue weighted by atomic mass is 9.99. The predicted molar refractivity (Wildman–Crippen MR) is 103 cm³/mol. The normalized spacial score (nSPS) is 12.6. The second-order valence-corrected chi connectivity index (χ2v) is 7.09. The Bertz CT molecular complexity index is 893. The largest absolute Gasteiger partial charge is 0.322 e. The Labute approximate surface area is 153 Å². The summed E-state index contributed by atoms with van der Waals surface area (Å²) in [6.07, 6.45) is 4.14. The third kappa shape index (κ3) is 3.47. The van der Waals surface area contributed by atoms with E-state index < -0.39 is 0 Å². The quantitative estimate of drug-likeness (QED) is 0.668. The molecular weight excluding hydrogens is 334 g/mol. The van der Waals surface area contributed by atoms with E-state index in [1.54, 1.807) is 4.52 Å². The molecule has 1 unspecified atom stereocenters. The van der Waals surface area contributed by atoms with E-state index in [0.29, 0.717) is 22.7 Å². The summed E-state index contributed by atoms with van der Waals surface area (Å²) in [5.41, 5.74) is 5.07. The van der Waals surface area contributed by atoms with Crippen molar-refractivity contribution in [3.63, 3.8) is 0 Å². The van der Waals surface area contributed by atoms with E-state index in [9.17, 15) is 0 Å². The lowest BCUT2D eigenvalue weighted by Gasteiger charge is -2.14. The number of halogens is 1. The highest BCUT2D eigenvalue weighted by Gasteiger charge is 2.17. The first kappa shape index (κ1) is 17.7. The molecule has 0 aliphatic rings. The summed E-state index contributed by atoms with van der Waals surface area (Å²) in [4.78, 5) is 9.16. The van der Waals surface area contributed by atoms with Crippen LogP contribution in [0.15, 0.2) is 18.3 Å². The minimum atomic E-state index is 0.411. The van der Waals surface area contributed by atoms with Gasteiger partial charge in [-0.25, -0.2) is 4.98 Å². The minimum Gasteiger partial charge on any atom is -0.322 e. The molecule has 2 aromatic heterocycles. The number of aryl methyl sites for hydroxylation is 3. The van der Waals surface area contributed by atoms with Crippen molar-refractivity contribution in [2.45, 2.75) is 53.4 Å². The van der Waals surface area contributed by atoms with Gasteiger partial charge in [-0.05, 0) is 50.3 Å². The molecule has 0 aliphatic carbocycles. The number of hydrogen-bond donors (Lipinski definition) is 1. The zero-order chi connectivity index (χ0) is 18.1. The highest BCUT2D eigenvalue weighted by atomic mass is 35.5. The molecule has 1 aromatic carbocycles. The van der Waals surface area contributed by atoms with Crippen molar-refractivity contribution in [3.8, 4) is 0 Å². The van der Waals surface area contributed by atoms with Gasteiger partial charge in [0.2, 0.25) is 5.95 Å². The molecule has 5 nitrogen and oxygen atoms in total. The van der Waals surface area contributed by atoms with Gasteiger partial charge in [-0.2, -0.15) is 14.6 Å². The molecule has 0 amide bonds. The highest BCUT2D eigenvalue weighted by Crippen LogP contribution is 2.31. The fourth-order valence-electron chi connectivity index (χ4n) is 3.20. The summed E-state index contributed by atoms with van der Waals surface area (Å²) in [5.74, 6) is 1.75. The Balaban J connectivity index is 2.09. The molecule has 1 N–H and O–H groups in total. The molecule has 132 valence electrons. The van der Waals surface area contributed by atoms with Crippen LogP contribution >= 0.6 is 11.6 Å². The Kier molecular flexibility index (Phi) is 4.95. The first-order valence-electron chi connectivity index (χ1n) is 8.66. The minimum absolute atomic E-state index is 0.411. The summed E-state index contributed by atoms with van der Waals surface area (Å²) in [5, 5.41) is 8.55. The van der Waals surface area contributed by atoms with Crippen molar-refractivity contribution in [3.05, 3.63) is 45.9 Å². The zero-order valence-corrected chi connectivity index (χ0v) is 16.1. The molecule has 3 rings (SSSR count). The first-order valence-corrected chi connectivity index (χ1v) is 9.04. The van der Waals surface area contributed by atoms with Crippen molar-refractivity contribution in [2.75, 3.05) is 5.32 Å². The SMILES string of the molecule is CCCC(C)c1cnn2c(Nc3c(C)cc(C)cc3Cl)nc(C)nc12. The van der Waals surface area contributed by atoms with Gasteiger partial charge in [-0.1, -0.05) is 37.9 Å². The number of fused-ring (bicyclic) bond motifs is 1. The van der Waals surface area contributed by atoms with Gasteiger partial charge in [0.05, 0.1) is 16.9 Å². The van der Waals surface area contributed by atoms with E-state index in [-0.39, 0.29) is 0 Å². The van der Waals surface area contributed by atoms with Crippen LogP contribution in [0.2, 0.25) is 5.02 Å². The second kappa shape index (κ2) is 7.00. The van der Waals surface area contributed by atoms with Gasteiger partial charge in [0.25, 0.3) is 0 Å². The Morgan fingerprint density at radius 2 is 1.96 bits per heavy atom. The molecule has 0 radical (unpaired) electrons. The van der Waals surface area contributed by atoms with E-state index in [2.05, 4.69) is 40.3 Å². The van der Waals surface area contributed by atoms with Crippen LogP contribution in [0.3, 0.4) is 0 Å². The smallest absolute Gasteiger partial charge is 0.232 e. The maximum Gasteiger partial charge on any atom is 0.232 e. The van der Waals surface area contributed by atoms with Gasteiger partial charge in [-0.3, -0.25) is 0 Å². The molecule has 0 bridgehead atoms. The molecule has 0 saturated heterocycles. The third-order valence-electron chi connectivity index (χ3n) is 4.43. The zero-order valence-electron chi connectivity index (χ0n) is 15.4. The number of nitrogens with one attached hydrogen (secondary N) is 1. The van der Waals surface area contributed by atoms with Crippen molar-refractivity contribution in [1.29, 1.82) is 0 Å². The summed E-state index contributed by atoms with van der Waals surface area (Å²) in [6.45, 7) is 10.4. The number of anilines is 2. The standard InChI is InChI=1S/C19H24ClN5/c1-6-7-12(3)15-10-21-25-18(15)22-14(5)23-19(25)24-17-13(4)8-11(2)9-16(17)20/h8-10,12H,6-7H2,1-5H3,(H,22,23,24). The molecule has 0 fully saturated rings. The fraction of sp³-hybridized carbons (Fsp3) is 0.421. The summed E-state index contributed by atoms with van der Waals surface area (Å²) < 4.78 is 1.77. The molecule has 3 aromatic rings. The molecule has 25 heavy (non-hydrogen) atoms. The molecule has 0 saturated carbocycles. The van der Waals surface area contributed by atoms with Gasteiger partial charge in [-0.15, -0.1) is 0 Å². The van der Waals surface area contributed by atoms with Crippen molar-refractivity contribution in [2.24, 2.45) is 0 Å². The van der Waals surface area contributed by atoms with Crippen LogP contribution in [0.4, 0.5) is 11.6 Å². The number of nitrogens with zero attached hydrogens (tertiary/aromatic N) is 4. The van der Waals surface area contributed by atoms with Crippen molar-refractivity contribution < 1.29 is 0 Å². The topological polar surface area (TPSA) is 55.1 Å². The summed E-state index contributed by atoms with van der Waals surface area (Å²) in [6, 6.07) is 4.04. The summed E-state index contributed by atoms with van der Waals surface area (Å²) >= 11 is 6.44. The van der Waals surface area contributed by atoms with Crippen LogP contribution in [0.25, 0.3) is 5.65 Å². The Morgan fingerprint density at radius 3 is 2.64 bits per heavy atom. The third-order valence-corrected chi connectivity index (χ3v) is 4.73. The maximum atomic E-state index is 6.44. The van der Waals surface area contributed by atoms with Crippen LogP contribution in [-0.4, -0.2) is 19.6 Å². The lowest BCUT2D eigenvalue weighted by molar-refractivity contribution is 0.667. The maximum absolute atomic E-state index is 6.44. The lowest BCUT2D eigenvalue weighted by Crippen LogP contribution is -2.08. The number of benzene rings is 1. The molecule has 1 atom stereocenters. The Morgan fingerprint density at radius 1 is 1.20 bits per heavy atom. The number of hydrogen-bond acceptors (Lipinski definition) is 4. The van der Waals surface area contributed by atoms with Crippen LogP contribution in [0.1, 0.15) is 55.1 Å². The van der Waals surface area contributed by atoms with E-state index in [1.807, 2.05) is 33.0 Å². The molecule has 0 spiro atoms. The van der Waals surface area contributed by atoms with Gasteiger partial charge in [0, 0.05) is 5.56 Å². The molecular formula is C19H24ClN5. The highest BCUT2D eigenvalue weighted by molar-refractivity contribution is 6.33. The fourth-order valence-corrected chi connectivity index (χ4v) is 3.57. The Hall–Kier alpha value is -2.14. The van der Waals surface area contributed by atoms with Crippen LogP contribution in [0, 0.1) is 20.8 Å². The van der Waals surface area contributed by atoms with E-state index in [4.69, 9.17) is 11.6 Å². The van der Waals surface area contributed by atoms with E-state index in [0.717, 1.165) is 40.9 Å². The average Bonchev–Trinajstić information content (AvgIpc) is 2.94. The predicted octanol–water partition coefficient (Wildman–Crippen LogP) is 5.35. The second-order valence-electron chi connectivity index (χ2n) is 6.68. The van der Waals surface area contributed by atoms with E-state index >= 15 is 0 Å². The van der Waals surface area contributed by atoms with Crippen LogP contribution < -0.4 is 5.32 Å². The van der Waals surface area contributed by atoms with Crippen molar-refractivity contribution in [1.82, 2.24) is 19.6 Å². The number of aromatic nitrogens is 4. The molecule has 0 aliphatic heterocycles. The van der Waals surface area contributed by atoms with E-state index in [1.165, 1.54) is 0 Å². The van der Waals surface area contributed by atoms with Gasteiger partial charge >= 0.3 is 0 Å². The van der Waals surface area contributed by atoms with Crippen LogP contribution in [0.5, 0.6) is 0 Å².